The Morgan fingerprint density at radius 1 is 1.25 bits per heavy atom. The van der Waals surface area contributed by atoms with Crippen molar-refractivity contribution in [2.75, 3.05) is 18.4 Å². The van der Waals surface area contributed by atoms with Crippen molar-refractivity contribution in [3.05, 3.63) is 29.6 Å². The molecule has 1 aromatic rings. The lowest BCUT2D eigenvalue weighted by atomic mass is 10.2. The topological polar surface area (TPSA) is 69.6 Å². The van der Waals surface area contributed by atoms with E-state index in [9.17, 15) is 14.0 Å². The maximum absolute atomic E-state index is 13.3. The Balaban J connectivity index is 2.84. The van der Waals surface area contributed by atoms with Crippen molar-refractivity contribution in [2.24, 2.45) is 0 Å². The van der Waals surface area contributed by atoms with Crippen LogP contribution < -0.4 is 5.32 Å². The first-order chi connectivity index (χ1) is 9.49. The molecule has 0 aromatic heterocycles. The number of carbonyl (C=O) groups is 2. The molecule has 2 amide bonds. The van der Waals surface area contributed by atoms with Crippen LogP contribution in [0.3, 0.4) is 0 Å². The molecule has 0 aliphatic carbocycles. The maximum atomic E-state index is 13.3. The van der Waals surface area contributed by atoms with Crippen molar-refractivity contribution in [2.45, 2.75) is 26.7 Å². The number of carboxylic acids is 1. The summed E-state index contributed by atoms with van der Waals surface area (Å²) in [6.45, 7) is 5.17. The van der Waals surface area contributed by atoms with Gasteiger partial charge in [0.2, 0.25) is 0 Å². The number of urea groups is 1. The molecule has 5 nitrogen and oxygen atoms in total. The number of carbonyl (C=O) groups excluding carboxylic acids is 1. The van der Waals surface area contributed by atoms with Gasteiger partial charge in [-0.1, -0.05) is 13.8 Å². The van der Waals surface area contributed by atoms with Crippen LogP contribution in [0.2, 0.25) is 0 Å². The number of rotatable bonds is 6. The van der Waals surface area contributed by atoms with Gasteiger partial charge in [-0.05, 0) is 31.0 Å². The van der Waals surface area contributed by atoms with Gasteiger partial charge in [-0.2, -0.15) is 0 Å². The zero-order chi connectivity index (χ0) is 15.1. The van der Waals surface area contributed by atoms with Crippen LogP contribution in [-0.4, -0.2) is 35.1 Å². The van der Waals surface area contributed by atoms with Crippen LogP contribution in [0.25, 0.3) is 0 Å². The van der Waals surface area contributed by atoms with E-state index in [2.05, 4.69) is 5.32 Å². The Kier molecular flexibility index (Phi) is 5.96. The van der Waals surface area contributed by atoms with Crippen molar-refractivity contribution in [3.63, 3.8) is 0 Å². The van der Waals surface area contributed by atoms with E-state index in [1.807, 2.05) is 13.8 Å². The van der Waals surface area contributed by atoms with Crippen LogP contribution >= 0.6 is 0 Å². The molecule has 110 valence electrons. The average Bonchev–Trinajstić information content (AvgIpc) is 2.40. The van der Waals surface area contributed by atoms with Crippen molar-refractivity contribution in [1.29, 1.82) is 0 Å². The smallest absolute Gasteiger partial charge is 0.338 e. The molecule has 0 bridgehead atoms. The van der Waals surface area contributed by atoms with Crippen LogP contribution in [0, 0.1) is 5.82 Å². The lowest BCUT2D eigenvalue weighted by molar-refractivity contribution is 0.0692. The molecule has 0 heterocycles. The summed E-state index contributed by atoms with van der Waals surface area (Å²) in [5.41, 5.74) is -0.189. The molecule has 1 rings (SSSR count). The average molecular weight is 282 g/mol. The molecule has 2 N–H and O–H groups in total. The highest BCUT2D eigenvalue weighted by Gasteiger charge is 2.15. The predicted octanol–water partition coefficient (Wildman–Crippen LogP) is 3.18. The van der Waals surface area contributed by atoms with Gasteiger partial charge in [0, 0.05) is 18.8 Å². The van der Waals surface area contributed by atoms with E-state index in [0.29, 0.717) is 13.1 Å². The molecular weight excluding hydrogens is 263 g/mol. The van der Waals surface area contributed by atoms with Crippen LogP contribution in [0.15, 0.2) is 18.2 Å². The zero-order valence-electron chi connectivity index (χ0n) is 11.6. The second-order valence-corrected chi connectivity index (χ2v) is 4.42. The van der Waals surface area contributed by atoms with Gasteiger partial charge in [-0.3, -0.25) is 0 Å². The van der Waals surface area contributed by atoms with Gasteiger partial charge < -0.3 is 15.3 Å². The summed E-state index contributed by atoms with van der Waals surface area (Å²) >= 11 is 0. The largest absolute Gasteiger partial charge is 0.478 e. The molecule has 0 saturated heterocycles. The Labute approximate surface area is 117 Å². The third-order valence-corrected chi connectivity index (χ3v) is 2.72. The summed E-state index contributed by atoms with van der Waals surface area (Å²) in [5, 5.41) is 11.4. The molecular formula is C14H19FN2O3. The molecule has 0 unspecified atom stereocenters. The molecule has 1 aromatic carbocycles. The van der Waals surface area contributed by atoms with Crippen molar-refractivity contribution < 1.29 is 19.1 Å². The summed E-state index contributed by atoms with van der Waals surface area (Å²) in [4.78, 5) is 24.5. The third-order valence-electron chi connectivity index (χ3n) is 2.72. The molecule has 0 aliphatic rings. The molecule has 0 spiro atoms. The molecule has 6 heteroatoms. The van der Waals surface area contributed by atoms with E-state index in [0.717, 1.165) is 25.0 Å². The van der Waals surface area contributed by atoms with Crippen LogP contribution in [0.5, 0.6) is 0 Å². The van der Waals surface area contributed by atoms with Crippen LogP contribution in [0.4, 0.5) is 14.9 Å². The van der Waals surface area contributed by atoms with Gasteiger partial charge in [-0.15, -0.1) is 0 Å². The fourth-order valence-corrected chi connectivity index (χ4v) is 1.82. The first-order valence-electron chi connectivity index (χ1n) is 6.58. The summed E-state index contributed by atoms with van der Waals surface area (Å²) < 4.78 is 13.3. The number of halogens is 1. The van der Waals surface area contributed by atoms with E-state index in [1.165, 1.54) is 6.07 Å². The SMILES string of the molecule is CCCN(CCC)C(=O)Nc1ccc(F)c(C(=O)O)c1. The highest BCUT2D eigenvalue weighted by atomic mass is 19.1. The first-order valence-corrected chi connectivity index (χ1v) is 6.58. The minimum absolute atomic E-state index is 0.269. The fourth-order valence-electron chi connectivity index (χ4n) is 1.82. The number of benzene rings is 1. The quantitative estimate of drug-likeness (QED) is 0.842. The Morgan fingerprint density at radius 3 is 2.35 bits per heavy atom. The normalized spacial score (nSPS) is 10.2. The summed E-state index contributed by atoms with van der Waals surface area (Å²) in [6.07, 6.45) is 1.66. The number of carboxylic acid groups (broad SMARTS) is 1. The number of anilines is 1. The van der Waals surface area contributed by atoms with Crippen LogP contribution in [-0.2, 0) is 0 Å². The highest BCUT2D eigenvalue weighted by molar-refractivity contribution is 5.93. The Hall–Kier alpha value is -2.11. The van der Waals surface area contributed by atoms with E-state index < -0.39 is 17.3 Å². The number of aromatic carboxylic acids is 1. The molecule has 20 heavy (non-hydrogen) atoms. The number of nitrogens with zero attached hydrogens (tertiary/aromatic N) is 1. The van der Waals surface area contributed by atoms with Crippen LogP contribution in [0.1, 0.15) is 37.0 Å². The maximum Gasteiger partial charge on any atom is 0.338 e. The third kappa shape index (κ3) is 4.22. The number of hydrogen-bond acceptors (Lipinski definition) is 2. The molecule has 0 atom stereocenters. The Bertz CT molecular complexity index is 485. The van der Waals surface area contributed by atoms with Gasteiger partial charge in [0.1, 0.15) is 5.82 Å². The lowest BCUT2D eigenvalue weighted by Gasteiger charge is -2.22. The monoisotopic (exact) mass is 282 g/mol. The number of nitrogens with one attached hydrogen (secondary N) is 1. The van der Waals surface area contributed by atoms with E-state index in [-0.39, 0.29) is 11.7 Å². The lowest BCUT2D eigenvalue weighted by Crippen LogP contribution is -2.36. The molecule has 0 aliphatic heterocycles. The summed E-state index contributed by atoms with van der Waals surface area (Å²) in [7, 11) is 0. The van der Waals surface area contributed by atoms with Crippen molar-refractivity contribution >= 4 is 17.7 Å². The highest BCUT2D eigenvalue weighted by Crippen LogP contribution is 2.15. The van der Waals surface area contributed by atoms with Gasteiger partial charge in [-0.25, -0.2) is 14.0 Å². The second-order valence-electron chi connectivity index (χ2n) is 4.42. The van der Waals surface area contributed by atoms with Gasteiger partial charge >= 0.3 is 12.0 Å². The van der Waals surface area contributed by atoms with Crippen molar-refractivity contribution in [1.82, 2.24) is 4.90 Å². The van der Waals surface area contributed by atoms with E-state index in [4.69, 9.17) is 5.11 Å². The summed E-state index contributed by atoms with van der Waals surface area (Å²) in [5.74, 6) is -2.19. The number of amides is 2. The first kappa shape index (κ1) is 15.9. The standard InChI is InChI=1S/C14H19FN2O3/c1-3-7-17(8-4-2)14(20)16-10-5-6-12(15)11(9-10)13(18)19/h5-6,9H,3-4,7-8H2,1-2H3,(H,16,20)(H,18,19). The zero-order valence-corrected chi connectivity index (χ0v) is 11.6. The Morgan fingerprint density at radius 2 is 1.85 bits per heavy atom. The van der Waals surface area contributed by atoms with Gasteiger partial charge in [0.05, 0.1) is 5.56 Å². The molecule has 0 saturated carbocycles. The molecule has 0 fully saturated rings. The van der Waals surface area contributed by atoms with Gasteiger partial charge in [0.15, 0.2) is 0 Å². The van der Waals surface area contributed by atoms with E-state index >= 15 is 0 Å². The van der Waals surface area contributed by atoms with Gasteiger partial charge in [0.25, 0.3) is 0 Å². The minimum atomic E-state index is -1.36. The second kappa shape index (κ2) is 7.47. The van der Waals surface area contributed by atoms with Crippen molar-refractivity contribution in [3.8, 4) is 0 Å². The predicted molar refractivity (Wildman–Crippen MR) is 74.5 cm³/mol. The summed E-state index contributed by atoms with van der Waals surface area (Å²) in [6, 6.07) is 3.18. The minimum Gasteiger partial charge on any atom is -0.478 e. The fraction of sp³-hybridized carbons (Fsp3) is 0.429. The number of hydrogen-bond donors (Lipinski definition) is 2. The van der Waals surface area contributed by atoms with E-state index in [1.54, 1.807) is 4.90 Å². The molecule has 0 radical (unpaired) electrons.